The van der Waals surface area contributed by atoms with Gasteiger partial charge >= 0.3 is 0 Å². The lowest BCUT2D eigenvalue weighted by molar-refractivity contribution is 0.174. The number of H-pyrrole nitrogens is 1. The van der Waals surface area contributed by atoms with Crippen LogP contribution in [0.15, 0.2) is 23.0 Å². The maximum absolute atomic E-state index is 12.2. The Bertz CT molecular complexity index is 732. The number of pyridine rings is 1. The number of nitrogens with one attached hydrogen (secondary N) is 2. The van der Waals surface area contributed by atoms with Crippen molar-refractivity contribution in [3.8, 4) is 11.5 Å². The summed E-state index contributed by atoms with van der Waals surface area (Å²) < 4.78 is 10.7. The molecule has 4 rings (SSSR count). The Morgan fingerprint density at radius 1 is 1.14 bits per heavy atom. The summed E-state index contributed by atoms with van der Waals surface area (Å²) in [6.45, 7) is 0.858. The summed E-state index contributed by atoms with van der Waals surface area (Å²) in [5, 5.41) is 4.45. The smallest absolute Gasteiger partial charge is 0.252 e. The Morgan fingerprint density at radius 2 is 1.90 bits per heavy atom. The summed E-state index contributed by atoms with van der Waals surface area (Å²) in [5.41, 5.74) is 1.52. The minimum Gasteiger partial charge on any atom is -0.454 e. The van der Waals surface area contributed by atoms with E-state index in [2.05, 4.69) is 10.3 Å². The lowest BCUT2D eigenvalue weighted by Gasteiger charge is -2.11. The van der Waals surface area contributed by atoms with Gasteiger partial charge in [-0.25, -0.2) is 0 Å². The van der Waals surface area contributed by atoms with Crippen LogP contribution >= 0.6 is 0 Å². The zero-order valence-electron chi connectivity index (χ0n) is 11.8. The van der Waals surface area contributed by atoms with E-state index in [1.165, 1.54) is 25.7 Å². The number of rotatable bonds is 3. The third-order valence-corrected chi connectivity index (χ3v) is 4.35. The first-order valence-electron chi connectivity index (χ1n) is 7.48. The molecule has 2 N–H and O–H groups in total. The van der Waals surface area contributed by atoms with Crippen molar-refractivity contribution in [1.82, 2.24) is 10.3 Å². The van der Waals surface area contributed by atoms with E-state index in [1.807, 2.05) is 18.2 Å². The van der Waals surface area contributed by atoms with Gasteiger partial charge in [-0.3, -0.25) is 4.79 Å². The second-order valence-corrected chi connectivity index (χ2v) is 5.78. The molecule has 21 heavy (non-hydrogen) atoms. The molecule has 5 heteroatoms. The maximum atomic E-state index is 12.2. The van der Waals surface area contributed by atoms with Crippen LogP contribution in [-0.4, -0.2) is 17.8 Å². The SMILES string of the molecule is O=c1[nH]c2cc3c(cc2cc1CNC1CCCC1)OCO3. The lowest BCUT2D eigenvalue weighted by atomic mass is 10.1. The van der Waals surface area contributed by atoms with Crippen molar-refractivity contribution in [3.63, 3.8) is 0 Å². The van der Waals surface area contributed by atoms with Crippen LogP contribution in [0, 0.1) is 0 Å². The summed E-state index contributed by atoms with van der Waals surface area (Å²) in [7, 11) is 0. The van der Waals surface area contributed by atoms with E-state index < -0.39 is 0 Å². The normalized spacial score (nSPS) is 17.7. The number of ether oxygens (including phenoxy) is 2. The van der Waals surface area contributed by atoms with Crippen LogP contribution in [0.2, 0.25) is 0 Å². The predicted molar refractivity (Wildman–Crippen MR) is 79.8 cm³/mol. The molecule has 1 fully saturated rings. The molecule has 2 aromatic rings. The molecule has 1 aliphatic heterocycles. The van der Waals surface area contributed by atoms with Gasteiger partial charge in [-0.2, -0.15) is 0 Å². The molecule has 1 saturated carbocycles. The average Bonchev–Trinajstić information content (AvgIpc) is 3.13. The number of hydrogen-bond acceptors (Lipinski definition) is 4. The molecule has 0 bridgehead atoms. The highest BCUT2D eigenvalue weighted by Crippen LogP contribution is 2.35. The van der Waals surface area contributed by atoms with E-state index >= 15 is 0 Å². The maximum Gasteiger partial charge on any atom is 0.252 e. The molecule has 0 amide bonds. The first-order chi connectivity index (χ1) is 10.3. The Balaban J connectivity index is 1.64. The number of benzene rings is 1. The lowest BCUT2D eigenvalue weighted by Crippen LogP contribution is -2.28. The molecule has 0 atom stereocenters. The summed E-state index contributed by atoms with van der Waals surface area (Å²) in [4.78, 5) is 15.1. The van der Waals surface area contributed by atoms with Gasteiger partial charge in [-0.1, -0.05) is 12.8 Å². The second kappa shape index (κ2) is 5.07. The monoisotopic (exact) mass is 286 g/mol. The van der Waals surface area contributed by atoms with Crippen molar-refractivity contribution >= 4 is 10.9 Å². The number of aromatic nitrogens is 1. The Kier molecular flexibility index (Phi) is 3.07. The predicted octanol–water partition coefficient (Wildman–Crippen LogP) is 2.29. The Hall–Kier alpha value is -2.01. The van der Waals surface area contributed by atoms with Gasteiger partial charge in [0.05, 0.1) is 5.52 Å². The standard InChI is InChI=1S/C16H18N2O3/c19-16-11(8-17-12-3-1-2-4-12)5-10-6-14-15(21-9-20-14)7-13(10)18-16/h5-7,12,17H,1-4,8-9H2,(H,18,19). The quantitative estimate of drug-likeness (QED) is 0.908. The van der Waals surface area contributed by atoms with E-state index in [4.69, 9.17) is 9.47 Å². The highest BCUT2D eigenvalue weighted by atomic mass is 16.7. The van der Waals surface area contributed by atoms with Crippen LogP contribution in [0.1, 0.15) is 31.2 Å². The molecule has 0 saturated heterocycles. The van der Waals surface area contributed by atoms with Crippen molar-refractivity contribution < 1.29 is 9.47 Å². The molecule has 0 spiro atoms. The van der Waals surface area contributed by atoms with E-state index in [9.17, 15) is 4.79 Å². The van der Waals surface area contributed by atoms with E-state index in [0.717, 1.165) is 22.2 Å². The largest absolute Gasteiger partial charge is 0.454 e. The van der Waals surface area contributed by atoms with Crippen LogP contribution in [0.25, 0.3) is 10.9 Å². The Labute approximate surface area is 122 Å². The summed E-state index contributed by atoms with van der Waals surface area (Å²) in [6, 6.07) is 6.25. The van der Waals surface area contributed by atoms with E-state index in [0.29, 0.717) is 18.3 Å². The van der Waals surface area contributed by atoms with Crippen molar-refractivity contribution in [2.24, 2.45) is 0 Å². The zero-order valence-corrected chi connectivity index (χ0v) is 11.8. The molecule has 1 aromatic carbocycles. The highest BCUT2D eigenvalue weighted by Gasteiger charge is 2.17. The minimum absolute atomic E-state index is 0.0353. The fourth-order valence-electron chi connectivity index (χ4n) is 3.16. The van der Waals surface area contributed by atoms with Gasteiger partial charge in [0.25, 0.3) is 5.56 Å². The molecule has 5 nitrogen and oxygen atoms in total. The third kappa shape index (κ3) is 2.38. The fraction of sp³-hybridized carbons (Fsp3) is 0.438. The van der Waals surface area contributed by atoms with Gasteiger partial charge in [0, 0.05) is 29.6 Å². The molecule has 110 valence electrons. The topological polar surface area (TPSA) is 63.4 Å². The van der Waals surface area contributed by atoms with Gasteiger partial charge in [-0.15, -0.1) is 0 Å². The van der Waals surface area contributed by atoms with Crippen LogP contribution < -0.4 is 20.3 Å². The van der Waals surface area contributed by atoms with Crippen LogP contribution in [0.5, 0.6) is 11.5 Å². The van der Waals surface area contributed by atoms with Crippen molar-refractivity contribution in [3.05, 3.63) is 34.1 Å². The van der Waals surface area contributed by atoms with Gasteiger partial charge in [0.2, 0.25) is 6.79 Å². The van der Waals surface area contributed by atoms with Gasteiger partial charge in [0.1, 0.15) is 0 Å². The van der Waals surface area contributed by atoms with Crippen LogP contribution in [0.3, 0.4) is 0 Å². The second-order valence-electron chi connectivity index (χ2n) is 5.78. The first kappa shape index (κ1) is 12.7. The summed E-state index contributed by atoms with van der Waals surface area (Å²) in [5.74, 6) is 1.43. The van der Waals surface area contributed by atoms with Gasteiger partial charge in [0.15, 0.2) is 11.5 Å². The third-order valence-electron chi connectivity index (χ3n) is 4.35. The Morgan fingerprint density at radius 3 is 2.71 bits per heavy atom. The molecule has 2 heterocycles. The number of fused-ring (bicyclic) bond motifs is 2. The first-order valence-corrected chi connectivity index (χ1v) is 7.48. The van der Waals surface area contributed by atoms with E-state index in [-0.39, 0.29) is 12.4 Å². The van der Waals surface area contributed by atoms with Gasteiger partial charge in [-0.05, 0) is 25.0 Å². The summed E-state index contributed by atoms with van der Waals surface area (Å²) in [6.07, 6.45) is 5.00. The van der Waals surface area contributed by atoms with E-state index in [1.54, 1.807) is 0 Å². The molecule has 2 aliphatic rings. The summed E-state index contributed by atoms with van der Waals surface area (Å²) >= 11 is 0. The number of aromatic amines is 1. The average molecular weight is 286 g/mol. The van der Waals surface area contributed by atoms with Crippen molar-refractivity contribution in [2.45, 2.75) is 38.3 Å². The van der Waals surface area contributed by atoms with Crippen LogP contribution in [-0.2, 0) is 6.54 Å². The van der Waals surface area contributed by atoms with Gasteiger partial charge < -0.3 is 19.8 Å². The fourth-order valence-corrected chi connectivity index (χ4v) is 3.16. The number of hydrogen-bond donors (Lipinski definition) is 2. The highest BCUT2D eigenvalue weighted by molar-refractivity contribution is 5.83. The molecule has 0 unspecified atom stereocenters. The molecular weight excluding hydrogens is 268 g/mol. The molecular formula is C16H18N2O3. The minimum atomic E-state index is -0.0353. The van der Waals surface area contributed by atoms with Crippen molar-refractivity contribution in [1.29, 1.82) is 0 Å². The molecule has 0 radical (unpaired) electrons. The molecule has 1 aromatic heterocycles. The molecule has 1 aliphatic carbocycles. The van der Waals surface area contributed by atoms with Crippen LogP contribution in [0.4, 0.5) is 0 Å². The zero-order chi connectivity index (χ0) is 14.2. The van der Waals surface area contributed by atoms with Crippen molar-refractivity contribution in [2.75, 3.05) is 6.79 Å².